The number of hydrogen-bond donors (Lipinski definition) is 1. The van der Waals surface area contributed by atoms with Gasteiger partial charge in [-0.15, -0.1) is 11.3 Å². The van der Waals surface area contributed by atoms with E-state index in [1.165, 1.54) is 11.3 Å². The minimum atomic E-state index is -4.25. The van der Waals surface area contributed by atoms with Gasteiger partial charge in [-0.1, -0.05) is 12.1 Å². The first-order chi connectivity index (χ1) is 13.3. The standard InChI is InChI=1S/C19H14F2N2O3S2/c20-13-4-6-18(15(21)10-13)28(25,26)22-14-5-3-12-7-8-23(16(12)11-14)19(24)17-2-1-9-27-17/h1-6,9-11,22H,7-8H2. The van der Waals surface area contributed by atoms with Crippen LogP contribution in [0.4, 0.5) is 20.2 Å². The van der Waals surface area contributed by atoms with Crippen molar-refractivity contribution >= 4 is 38.6 Å². The molecule has 0 fully saturated rings. The van der Waals surface area contributed by atoms with Crippen molar-refractivity contribution in [1.29, 1.82) is 0 Å². The summed E-state index contributed by atoms with van der Waals surface area (Å²) in [5.74, 6) is -2.20. The number of thiophene rings is 1. The number of fused-ring (bicyclic) bond motifs is 1. The molecule has 144 valence electrons. The van der Waals surface area contributed by atoms with Crippen LogP contribution in [0.15, 0.2) is 58.8 Å². The van der Waals surface area contributed by atoms with E-state index in [4.69, 9.17) is 0 Å². The predicted octanol–water partition coefficient (Wildman–Crippen LogP) is 4.03. The van der Waals surface area contributed by atoms with E-state index >= 15 is 0 Å². The molecule has 0 atom stereocenters. The second kappa shape index (κ2) is 6.99. The van der Waals surface area contributed by atoms with E-state index in [9.17, 15) is 22.0 Å². The van der Waals surface area contributed by atoms with Crippen molar-refractivity contribution in [1.82, 2.24) is 0 Å². The minimum Gasteiger partial charge on any atom is -0.307 e. The smallest absolute Gasteiger partial charge is 0.268 e. The van der Waals surface area contributed by atoms with Gasteiger partial charge in [0.1, 0.15) is 16.5 Å². The van der Waals surface area contributed by atoms with Crippen LogP contribution in [-0.2, 0) is 16.4 Å². The highest BCUT2D eigenvalue weighted by atomic mass is 32.2. The molecule has 2 heterocycles. The molecule has 4 rings (SSSR count). The molecule has 0 spiro atoms. The van der Waals surface area contributed by atoms with Crippen LogP contribution in [0.25, 0.3) is 0 Å². The van der Waals surface area contributed by atoms with Crippen LogP contribution in [0.1, 0.15) is 15.2 Å². The number of halogens is 2. The minimum absolute atomic E-state index is 0.154. The monoisotopic (exact) mass is 420 g/mol. The number of anilines is 2. The maximum Gasteiger partial charge on any atom is 0.268 e. The molecule has 1 aliphatic heterocycles. The summed E-state index contributed by atoms with van der Waals surface area (Å²) in [7, 11) is -4.25. The molecule has 1 N–H and O–H groups in total. The molecule has 5 nitrogen and oxygen atoms in total. The van der Waals surface area contributed by atoms with Crippen LogP contribution in [-0.4, -0.2) is 20.9 Å². The van der Waals surface area contributed by atoms with Crippen molar-refractivity contribution in [2.75, 3.05) is 16.2 Å². The molecule has 0 saturated heterocycles. The third-order valence-corrected chi connectivity index (χ3v) is 6.67. The second-order valence-electron chi connectivity index (χ2n) is 6.21. The van der Waals surface area contributed by atoms with Gasteiger partial charge in [-0.25, -0.2) is 17.2 Å². The summed E-state index contributed by atoms with van der Waals surface area (Å²) in [5, 5.41) is 1.81. The molecule has 9 heteroatoms. The Morgan fingerprint density at radius 3 is 2.64 bits per heavy atom. The zero-order valence-electron chi connectivity index (χ0n) is 14.4. The van der Waals surface area contributed by atoms with Gasteiger partial charge in [0.05, 0.1) is 10.6 Å². The molecule has 1 aromatic heterocycles. The van der Waals surface area contributed by atoms with Crippen LogP contribution in [0.5, 0.6) is 0 Å². The van der Waals surface area contributed by atoms with Crippen molar-refractivity contribution < 1.29 is 22.0 Å². The normalized spacial score (nSPS) is 13.4. The maximum atomic E-state index is 13.9. The fourth-order valence-electron chi connectivity index (χ4n) is 3.09. The Morgan fingerprint density at radius 2 is 1.93 bits per heavy atom. The van der Waals surface area contributed by atoms with Gasteiger partial charge in [0.2, 0.25) is 0 Å². The summed E-state index contributed by atoms with van der Waals surface area (Å²) in [5.41, 5.74) is 1.72. The van der Waals surface area contributed by atoms with Gasteiger partial charge >= 0.3 is 0 Å². The third kappa shape index (κ3) is 3.38. The molecule has 0 aliphatic carbocycles. The number of rotatable bonds is 4. The lowest BCUT2D eigenvalue weighted by molar-refractivity contribution is 0.0993. The van der Waals surface area contributed by atoms with Gasteiger partial charge in [0.25, 0.3) is 15.9 Å². The quantitative estimate of drug-likeness (QED) is 0.693. The van der Waals surface area contributed by atoms with Gasteiger partial charge in [0.15, 0.2) is 0 Å². The number of nitrogens with zero attached hydrogens (tertiary/aromatic N) is 1. The first-order valence-electron chi connectivity index (χ1n) is 8.31. The summed E-state index contributed by atoms with van der Waals surface area (Å²) >= 11 is 1.33. The molecule has 2 aromatic carbocycles. The van der Waals surface area contributed by atoms with E-state index < -0.39 is 26.6 Å². The maximum absolute atomic E-state index is 13.9. The van der Waals surface area contributed by atoms with Crippen LogP contribution in [0, 0.1) is 11.6 Å². The molecule has 1 amide bonds. The SMILES string of the molecule is O=C(c1cccs1)N1CCc2ccc(NS(=O)(=O)c3ccc(F)cc3F)cc21. The Morgan fingerprint density at radius 1 is 1.11 bits per heavy atom. The van der Waals surface area contributed by atoms with Crippen LogP contribution in [0.3, 0.4) is 0 Å². The van der Waals surface area contributed by atoms with Crippen LogP contribution in [0.2, 0.25) is 0 Å². The van der Waals surface area contributed by atoms with E-state index in [2.05, 4.69) is 4.72 Å². The highest BCUT2D eigenvalue weighted by Gasteiger charge is 2.27. The van der Waals surface area contributed by atoms with Crippen molar-refractivity contribution in [2.24, 2.45) is 0 Å². The largest absolute Gasteiger partial charge is 0.307 e. The first-order valence-corrected chi connectivity index (χ1v) is 10.7. The summed E-state index contributed by atoms with van der Waals surface area (Å²) < 4.78 is 54.2. The number of amides is 1. The second-order valence-corrected chi connectivity index (χ2v) is 8.81. The zero-order chi connectivity index (χ0) is 19.9. The van der Waals surface area contributed by atoms with Crippen molar-refractivity contribution in [3.05, 3.63) is 76.0 Å². The number of nitrogens with one attached hydrogen (secondary N) is 1. The van der Waals surface area contributed by atoms with Crippen molar-refractivity contribution in [2.45, 2.75) is 11.3 Å². The topological polar surface area (TPSA) is 66.5 Å². The molecule has 0 saturated carbocycles. The summed E-state index contributed by atoms with van der Waals surface area (Å²) in [6.07, 6.45) is 0.659. The third-order valence-electron chi connectivity index (χ3n) is 4.39. The van der Waals surface area contributed by atoms with Crippen LogP contribution < -0.4 is 9.62 Å². The fourth-order valence-corrected chi connectivity index (χ4v) is 4.87. The van der Waals surface area contributed by atoms with Gasteiger partial charge in [-0.3, -0.25) is 9.52 Å². The zero-order valence-corrected chi connectivity index (χ0v) is 16.0. The number of carbonyl (C=O) groups excluding carboxylic acids is 1. The van der Waals surface area contributed by atoms with E-state index in [0.29, 0.717) is 29.6 Å². The Balaban J connectivity index is 1.64. The van der Waals surface area contributed by atoms with Crippen molar-refractivity contribution in [3.8, 4) is 0 Å². The Bertz CT molecular complexity index is 1160. The van der Waals surface area contributed by atoms with E-state index in [0.717, 1.165) is 17.7 Å². The summed E-state index contributed by atoms with van der Waals surface area (Å²) in [6.45, 7) is 0.495. The molecule has 3 aromatic rings. The molecular weight excluding hydrogens is 406 g/mol. The molecule has 0 unspecified atom stereocenters. The van der Waals surface area contributed by atoms with Gasteiger partial charge in [-0.2, -0.15) is 0 Å². The average molecular weight is 420 g/mol. The Hall–Kier alpha value is -2.78. The lowest BCUT2D eigenvalue weighted by atomic mass is 10.1. The highest BCUT2D eigenvalue weighted by molar-refractivity contribution is 7.92. The summed E-state index contributed by atoms with van der Waals surface area (Å²) in [4.78, 5) is 14.2. The number of benzene rings is 2. The lowest BCUT2D eigenvalue weighted by Crippen LogP contribution is -2.28. The lowest BCUT2D eigenvalue weighted by Gasteiger charge is -2.17. The number of carbonyl (C=O) groups is 1. The van der Waals surface area contributed by atoms with Gasteiger partial charge in [-0.05, 0) is 47.7 Å². The van der Waals surface area contributed by atoms with Crippen molar-refractivity contribution in [3.63, 3.8) is 0 Å². The summed E-state index contributed by atoms with van der Waals surface area (Å²) in [6, 6.07) is 10.6. The molecular formula is C19H14F2N2O3S2. The van der Waals surface area contributed by atoms with E-state index in [1.807, 2.05) is 5.38 Å². The van der Waals surface area contributed by atoms with Gasteiger partial charge < -0.3 is 4.90 Å². The van der Waals surface area contributed by atoms with Crippen LogP contribution >= 0.6 is 11.3 Å². The molecule has 28 heavy (non-hydrogen) atoms. The van der Waals surface area contributed by atoms with Gasteiger partial charge in [0, 0.05) is 18.3 Å². The average Bonchev–Trinajstić information content (AvgIpc) is 3.30. The molecule has 1 aliphatic rings. The first kappa shape index (κ1) is 18.6. The predicted molar refractivity (Wildman–Crippen MR) is 103 cm³/mol. The Kier molecular flexibility index (Phi) is 4.64. The fraction of sp³-hybridized carbons (Fsp3) is 0.105. The highest BCUT2D eigenvalue weighted by Crippen LogP contribution is 2.33. The Labute approximate surface area is 164 Å². The van der Waals surface area contributed by atoms with E-state index in [-0.39, 0.29) is 11.6 Å². The van der Waals surface area contributed by atoms with E-state index in [1.54, 1.807) is 35.2 Å². The number of hydrogen-bond acceptors (Lipinski definition) is 4. The molecule has 0 bridgehead atoms. The molecule has 0 radical (unpaired) electrons. The number of sulfonamides is 1.